The van der Waals surface area contributed by atoms with Crippen molar-refractivity contribution in [1.82, 2.24) is 15.6 Å². The van der Waals surface area contributed by atoms with Gasteiger partial charge in [0.05, 0.1) is 9.98 Å². The SMILES string of the molecule is CNC1(CNC(=O)c2ncc(Br)s2)CCCCC1. The lowest BCUT2D eigenvalue weighted by molar-refractivity contribution is 0.0930. The molecule has 0 bridgehead atoms. The average molecular weight is 332 g/mol. The maximum Gasteiger partial charge on any atom is 0.280 e. The van der Waals surface area contributed by atoms with Crippen LogP contribution in [-0.4, -0.2) is 30.0 Å². The van der Waals surface area contributed by atoms with E-state index < -0.39 is 0 Å². The van der Waals surface area contributed by atoms with Gasteiger partial charge < -0.3 is 10.6 Å². The van der Waals surface area contributed by atoms with Gasteiger partial charge in [-0.1, -0.05) is 19.3 Å². The fourth-order valence-corrected chi connectivity index (χ4v) is 3.55. The highest BCUT2D eigenvalue weighted by atomic mass is 79.9. The van der Waals surface area contributed by atoms with E-state index >= 15 is 0 Å². The zero-order chi connectivity index (χ0) is 13.0. The summed E-state index contributed by atoms with van der Waals surface area (Å²) >= 11 is 4.68. The third kappa shape index (κ3) is 3.30. The van der Waals surface area contributed by atoms with Gasteiger partial charge in [-0.3, -0.25) is 4.79 Å². The number of carbonyl (C=O) groups is 1. The second-order valence-corrected chi connectivity index (χ2v) is 7.15. The van der Waals surface area contributed by atoms with Crippen LogP contribution in [0.1, 0.15) is 41.9 Å². The van der Waals surface area contributed by atoms with Crippen molar-refractivity contribution in [3.63, 3.8) is 0 Å². The van der Waals surface area contributed by atoms with Crippen molar-refractivity contribution in [3.05, 3.63) is 15.0 Å². The van der Waals surface area contributed by atoms with E-state index in [1.54, 1.807) is 6.20 Å². The molecule has 0 unspecified atom stereocenters. The quantitative estimate of drug-likeness (QED) is 0.891. The second-order valence-electron chi connectivity index (χ2n) is 4.74. The van der Waals surface area contributed by atoms with Gasteiger partial charge in [-0.05, 0) is 35.8 Å². The molecule has 100 valence electrons. The molecule has 0 saturated heterocycles. The van der Waals surface area contributed by atoms with Crippen LogP contribution in [0.4, 0.5) is 0 Å². The molecule has 2 rings (SSSR count). The van der Waals surface area contributed by atoms with Crippen LogP contribution in [0, 0.1) is 0 Å². The number of carbonyl (C=O) groups excluding carboxylic acids is 1. The highest BCUT2D eigenvalue weighted by Crippen LogP contribution is 2.27. The predicted octanol–water partition coefficient (Wildman–Crippen LogP) is 2.56. The van der Waals surface area contributed by atoms with Crippen molar-refractivity contribution in [2.75, 3.05) is 13.6 Å². The van der Waals surface area contributed by atoms with Crippen molar-refractivity contribution in [1.29, 1.82) is 0 Å². The van der Waals surface area contributed by atoms with Crippen molar-refractivity contribution in [3.8, 4) is 0 Å². The number of nitrogens with zero attached hydrogens (tertiary/aromatic N) is 1. The summed E-state index contributed by atoms with van der Waals surface area (Å²) in [6.07, 6.45) is 7.69. The predicted molar refractivity (Wildman–Crippen MR) is 77.0 cm³/mol. The molecule has 4 nitrogen and oxygen atoms in total. The molecule has 2 N–H and O–H groups in total. The number of likely N-dealkylation sites (N-methyl/N-ethyl adjacent to an activating group) is 1. The minimum absolute atomic E-state index is 0.0718. The Balaban J connectivity index is 1.91. The lowest BCUT2D eigenvalue weighted by atomic mass is 9.82. The van der Waals surface area contributed by atoms with Crippen LogP contribution in [-0.2, 0) is 0 Å². The Hall–Kier alpha value is -0.460. The summed E-state index contributed by atoms with van der Waals surface area (Å²) in [5.41, 5.74) is 0.0718. The van der Waals surface area contributed by atoms with Gasteiger partial charge in [-0.2, -0.15) is 0 Å². The first-order valence-electron chi connectivity index (χ1n) is 6.24. The van der Waals surface area contributed by atoms with E-state index in [1.807, 2.05) is 7.05 Å². The average Bonchev–Trinajstić information content (AvgIpc) is 2.84. The molecule has 1 saturated carbocycles. The summed E-state index contributed by atoms with van der Waals surface area (Å²) in [6.45, 7) is 0.680. The van der Waals surface area contributed by atoms with Gasteiger partial charge in [0.1, 0.15) is 0 Å². The normalized spacial score (nSPS) is 18.6. The maximum atomic E-state index is 11.9. The number of rotatable bonds is 4. The Bertz CT molecular complexity index is 415. The molecule has 1 fully saturated rings. The van der Waals surface area contributed by atoms with Crippen molar-refractivity contribution < 1.29 is 4.79 Å². The summed E-state index contributed by atoms with van der Waals surface area (Å²) in [6, 6.07) is 0. The summed E-state index contributed by atoms with van der Waals surface area (Å²) in [4.78, 5) is 16.0. The van der Waals surface area contributed by atoms with Gasteiger partial charge in [-0.25, -0.2) is 4.98 Å². The Kier molecular flexibility index (Phi) is 4.75. The number of hydrogen-bond donors (Lipinski definition) is 2. The molecule has 6 heteroatoms. The maximum absolute atomic E-state index is 11.9. The van der Waals surface area contributed by atoms with E-state index in [1.165, 1.54) is 30.6 Å². The highest BCUT2D eigenvalue weighted by molar-refractivity contribution is 9.11. The molecule has 0 aromatic carbocycles. The molecule has 0 aliphatic heterocycles. The van der Waals surface area contributed by atoms with Crippen LogP contribution in [0.2, 0.25) is 0 Å². The van der Waals surface area contributed by atoms with Crippen LogP contribution in [0.15, 0.2) is 9.98 Å². The second kappa shape index (κ2) is 6.12. The summed E-state index contributed by atoms with van der Waals surface area (Å²) < 4.78 is 0.883. The Morgan fingerprint density at radius 3 is 2.78 bits per heavy atom. The smallest absolute Gasteiger partial charge is 0.280 e. The first-order chi connectivity index (χ1) is 8.65. The first-order valence-corrected chi connectivity index (χ1v) is 7.85. The fraction of sp³-hybridized carbons (Fsp3) is 0.667. The molecule has 1 aliphatic carbocycles. The Morgan fingerprint density at radius 1 is 1.50 bits per heavy atom. The fourth-order valence-electron chi connectivity index (χ4n) is 2.43. The van der Waals surface area contributed by atoms with E-state index in [0.29, 0.717) is 11.6 Å². The highest BCUT2D eigenvalue weighted by Gasteiger charge is 2.30. The molecule has 1 amide bonds. The lowest BCUT2D eigenvalue weighted by Gasteiger charge is -2.37. The monoisotopic (exact) mass is 331 g/mol. The third-order valence-electron chi connectivity index (χ3n) is 3.60. The molecular weight excluding hydrogens is 314 g/mol. The molecule has 1 aromatic rings. The van der Waals surface area contributed by atoms with E-state index in [9.17, 15) is 4.79 Å². The molecule has 18 heavy (non-hydrogen) atoms. The zero-order valence-corrected chi connectivity index (χ0v) is 12.9. The number of amides is 1. The number of hydrogen-bond acceptors (Lipinski definition) is 4. The standard InChI is InChI=1S/C12H18BrN3OS/c1-14-12(5-3-2-4-6-12)8-16-10(17)11-15-7-9(13)18-11/h7,14H,2-6,8H2,1H3,(H,16,17). The van der Waals surface area contributed by atoms with E-state index in [2.05, 4.69) is 31.5 Å². The number of nitrogens with one attached hydrogen (secondary N) is 2. The summed E-state index contributed by atoms with van der Waals surface area (Å²) in [7, 11) is 1.98. The number of thiazole rings is 1. The minimum Gasteiger partial charge on any atom is -0.348 e. The number of aromatic nitrogens is 1. The molecule has 0 spiro atoms. The van der Waals surface area contributed by atoms with Crippen LogP contribution in [0.3, 0.4) is 0 Å². The van der Waals surface area contributed by atoms with Gasteiger partial charge in [0.2, 0.25) is 0 Å². The molecule has 0 atom stereocenters. The van der Waals surface area contributed by atoms with Crippen LogP contribution >= 0.6 is 27.3 Å². The topological polar surface area (TPSA) is 54.0 Å². The summed E-state index contributed by atoms with van der Waals surface area (Å²) in [5, 5.41) is 6.91. The van der Waals surface area contributed by atoms with Crippen molar-refractivity contribution >= 4 is 33.2 Å². The molecule has 1 aromatic heterocycles. The molecule has 0 radical (unpaired) electrons. The van der Waals surface area contributed by atoms with E-state index in [-0.39, 0.29) is 11.4 Å². The minimum atomic E-state index is -0.0779. The lowest BCUT2D eigenvalue weighted by Crippen LogP contribution is -2.53. The van der Waals surface area contributed by atoms with Gasteiger partial charge in [-0.15, -0.1) is 11.3 Å². The molecule has 1 aliphatic rings. The van der Waals surface area contributed by atoms with Crippen LogP contribution in [0.5, 0.6) is 0 Å². The van der Waals surface area contributed by atoms with Gasteiger partial charge in [0, 0.05) is 12.1 Å². The van der Waals surface area contributed by atoms with E-state index in [4.69, 9.17) is 0 Å². The Labute approximate surface area is 120 Å². The van der Waals surface area contributed by atoms with Crippen LogP contribution < -0.4 is 10.6 Å². The zero-order valence-electron chi connectivity index (χ0n) is 10.5. The first kappa shape index (κ1) is 14.0. The van der Waals surface area contributed by atoms with Gasteiger partial charge in [0.15, 0.2) is 5.01 Å². The van der Waals surface area contributed by atoms with Crippen molar-refractivity contribution in [2.45, 2.75) is 37.6 Å². The van der Waals surface area contributed by atoms with Gasteiger partial charge in [0.25, 0.3) is 5.91 Å². The molecular formula is C12H18BrN3OS. The van der Waals surface area contributed by atoms with Crippen molar-refractivity contribution in [2.24, 2.45) is 0 Å². The molecule has 1 heterocycles. The van der Waals surface area contributed by atoms with Gasteiger partial charge >= 0.3 is 0 Å². The van der Waals surface area contributed by atoms with Crippen LogP contribution in [0.25, 0.3) is 0 Å². The number of halogens is 1. The largest absolute Gasteiger partial charge is 0.348 e. The third-order valence-corrected chi connectivity index (χ3v) is 5.07. The van der Waals surface area contributed by atoms with E-state index in [0.717, 1.165) is 16.6 Å². The summed E-state index contributed by atoms with van der Waals surface area (Å²) in [5.74, 6) is -0.0779. The Morgan fingerprint density at radius 2 is 2.22 bits per heavy atom.